The Kier molecular flexibility index (Phi) is 6.14. The second kappa shape index (κ2) is 8.53. The maximum atomic E-state index is 12.2. The monoisotopic (exact) mass is 366 g/mol. The summed E-state index contributed by atoms with van der Waals surface area (Å²) in [4.78, 5) is 28.0. The number of carbonyl (C=O) groups is 2. The quantitative estimate of drug-likeness (QED) is 0.845. The smallest absolute Gasteiger partial charge is 0.321 e. The van der Waals surface area contributed by atoms with Gasteiger partial charge in [-0.3, -0.25) is 0 Å². The summed E-state index contributed by atoms with van der Waals surface area (Å²) in [5.41, 5.74) is 1.48. The Morgan fingerprint density at radius 1 is 0.708 bits per heavy atom. The van der Waals surface area contributed by atoms with Gasteiger partial charge >= 0.3 is 12.1 Å². The molecule has 0 spiro atoms. The van der Waals surface area contributed by atoms with Gasteiger partial charge in [-0.1, -0.05) is 0 Å². The molecule has 4 amide bonds. The van der Waals surface area contributed by atoms with Crippen molar-refractivity contribution in [3.63, 3.8) is 0 Å². The largest absolute Gasteiger partial charge is 0.323 e. The second-order valence-electron chi connectivity index (χ2n) is 5.64. The molecule has 0 radical (unpaired) electrons. The van der Waals surface area contributed by atoms with Crippen LogP contribution in [0.2, 0.25) is 0 Å². The van der Waals surface area contributed by atoms with Gasteiger partial charge in [0.15, 0.2) is 0 Å². The minimum atomic E-state index is -0.0575. The number of hydrogen-bond donors (Lipinski definition) is 2. The van der Waals surface area contributed by atoms with E-state index >= 15 is 0 Å². The van der Waals surface area contributed by atoms with E-state index in [1.165, 1.54) is 0 Å². The predicted molar refractivity (Wildman–Crippen MR) is 102 cm³/mol. The van der Waals surface area contributed by atoms with E-state index in [4.69, 9.17) is 0 Å². The Hall–Kier alpha value is -1.54. The normalized spacial score (nSPS) is 18.2. The summed E-state index contributed by atoms with van der Waals surface area (Å²) in [7, 11) is 0. The number of benzene rings is 1. The van der Waals surface area contributed by atoms with Crippen molar-refractivity contribution < 1.29 is 9.59 Å². The molecule has 2 aliphatic rings. The summed E-state index contributed by atoms with van der Waals surface area (Å²) < 4.78 is 0. The first-order valence-corrected chi connectivity index (χ1v) is 10.4. The molecule has 0 saturated carbocycles. The zero-order chi connectivity index (χ0) is 16.8. The van der Waals surface area contributed by atoms with Crippen molar-refractivity contribution in [2.75, 3.05) is 59.8 Å². The summed E-state index contributed by atoms with van der Waals surface area (Å²) >= 11 is 3.75. The van der Waals surface area contributed by atoms with Crippen molar-refractivity contribution in [2.45, 2.75) is 0 Å². The molecule has 130 valence electrons. The highest BCUT2D eigenvalue weighted by molar-refractivity contribution is 7.99. The van der Waals surface area contributed by atoms with Crippen molar-refractivity contribution >= 4 is 47.0 Å². The Bertz CT molecular complexity index is 519. The third kappa shape index (κ3) is 4.73. The van der Waals surface area contributed by atoms with Gasteiger partial charge in [0.2, 0.25) is 0 Å². The van der Waals surface area contributed by atoms with Crippen LogP contribution in [0.3, 0.4) is 0 Å². The van der Waals surface area contributed by atoms with Crippen LogP contribution >= 0.6 is 23.5 Å². The highest BCUT2D eigenvalue weighted by atomic mass is 32.2. The Balaban J connectivity index is 1.51. The molecule has 3 rings (SSSR count). The van der Waals surface area contributed by atoms with E-state index in [1.54, 1.807) is 0 Å². The number of nitrogens with one attached hydrogen (secondary N) is 2. The van der Waals surface area contributed by atoms with Crippen molar-refractivity contribution in [1.29, 1.82) is 0 Å². The lowest BCUT2D eigenvalue weighted by Gasteiger charge is -2.27. The van der Waals surface area contributed by atoms with Crippen molar-refractivity contribution in [2.24, 2.45) is 0 Å². The van der Waals surface area contributed by atoms with Crippen molar-refractivity contribution in [3.05, 3.63) is 24.3 Å². The average molecular weight is 367 g/mol. The fourth-order valence-electron chi connectivity index (χ4n) is 2.57. The topological polar surface area (TPSA) is 64.7 Å². The van der Waals surface area contributed by atoms with Crippen LogP contribution in [0.5, 0.6) is 0 Å². The molecule has 6 nitrogen and oxygen atoms in total. The van der Waals surface area contributed by atoms with Crippen molar-refractivity contribution in [1.82, 2.24) is 9.80 Å². The van der Waals surface area contributed by atoms with Gasteiger partial charge in [0.1, 0.15) is 0 Å². The minimum Gasteiger partial charge on any atom is -0.323 e. The molecule has 0 aliphatic carbocycles. The van der Waals surface area contributed by atoms with E-state index in [1.807, 2.05) is 57.6 Å². The fraction of sp³-hybridized carbons (Fsp3) is 0.500. The van der Waals surface area contributed by atoms with Gasteiger partial charge in [0.05, 0.1) is 0 Å². The number of carbonyl (C=O) groups excluding carboxylic acids is 2. The maximum absolute atomic E-state index is 12.2. The van der Waals surface area contributed by atoms with Crippen LogP contribution < -0.4 is 10.6 Å². The molecule has 1 aromatic carbocycles. The van der Waals surface area contributed by atoms with E-state index in [0.29, 0.717) is 0 Å². The van der Waals surface area contributed by atoms with E-state index in [9.17, 15) is 9.59 Å². The number of anilines is 2. The third-order valence-corrected chi connectivity index (χ3v) is 5.87. The zero-order valence-corrected chi connectivity index (χ0v) is 15.1. The van der Waals surface area contributed by atoms with Crippen LogP contribution in [0, 0.1) is 0 Å². The molecule has 24 heavy (non-hydrogen) atoms. The Labute approximate surface area is 150 Å². The van der Waals surface area contributed by atoms with Crippen LogP contribution in [-0.2, 0) is 0 Å². The molecule has 2 aliphatic heterocycles. The summed E-state index contributed by atoms with van der Waals surface area (Å²) in [6, 6.07) is 7.16. The molecule has 2 N–H and O–H groups in total. The Morgan fingerprint density at radius 3 is 1.38 bits per heavy atom. The molecule has 2 saturated heterocycles. The number of hydrogen-bond acceptors (Lipinski definition) is 4. The van der Waals surface area contributed by atoms with Crippen LogP contribution in [0.4, 0.5) is 21.0 Å². The second-order valence-corrected chi connectivity index (χ2v) is 8.09. The number of thioether (sulfide) groups is 2. The van der Waals surface area contributed by atoms with Gasteiger partial charge in [-0.2, -0.15) is 23.5 Å². The number of nitrogens with zero attached hydrogens (tertiary/aromatic N) is 2. The van der Waals surface area contributed by atoms with Crippen LogP contribution in [-0.4, -0.2) is 71.1 Å². The number of amides is 4. The van der Waals surface area contributed by atoms with E-state index in [-0.39, 0.29) is 12.1 Å². The molecule has 0 unspecified atom stereocenters. The summed E-state index contributed by atoms with van der Waals surface area (Å²) in [6.45, 7) is 3.16. The van der Waals surface area contributed by atoms with Gasteiger partial charge in [-0.15, -0.1) is 0 Å². The van der Waals surface area contributed by atoms with Gasteiger partial charge in [0.25, 0.3) is 0 Å². The lowest BCUT2D eigenvalue weighted by molar-refractivity contribution is 0.216. The fourth-order valence-corrected chi connectivity index (χ4v) is 4.38. The summed E-state index contributed by atoms with van der Waals surface area (Å²) in [5, 5.41) is 5.81. The molecule has 2 heterocycles. The standard InChI is InChI=1S/C16H22N4O2S2/c21-15(19-5-9-23-10-6-19)17-13-1-2-14(4-3-13)18-16(22)20-7-11-24-12-8-20/h1-4H,5-12H2,(H,17,21)(H,18,22). The molecule has 1 aromatic rings. The molecule has 2 fully saturated rings. The maximum Gasteiger partial charge on any atom is 0.321 e. The lowest BCUT2D eigenvalue weighted by Crippen LogP contribution is -2.40. The SMILES string of the molecule is O=C(Nc1ccc(NC(=O)N2CCSCC2)cc1)N1CCSCC1. The minimum absolute atomic E-state index is 0.0575. The highest BCUT2D eigenvalue weighted by Gasteiger charge is 2.18. The summed E-state index contributed by atoms with van der Waals surface area (Å²) in [5.74, 6) is 3.97. The molecule has 8 heteroatoms. The van der Waals surface area contributed by atoms with E-state index in [0.717, 1.165) is 60.6 Å². The van der Waals surface area contributed by atoms with Crippen LogP contribution in [0.25, 0.3) is 0 Å². The van der Waals surface area contributed by atoms with Crippen LogP contribution in [0.15, 0.2) is 24.3 Å². The molecular formula is C16H22N4O2S2. The Morgan fingerprint density at radius 2 is 1.04 bits per heavy atom. The average Bonchev–Trinajstić information content (AvgIpc) is 2.65. The van der Waals surface area contributed by atoms with Gasteiger partial charge in [-0.05, 0) is 24.3 Å². The van der Waals surface area contributed by atoms with Gasteiger partial charge < -0.3 is 20.4 Å². The molecule has 0 atom stereocenters. The van der Waals surface area contributed by atoms with Gasteiger partial charge in [0, 0.05) is 60.6 Å². The van der Waals surface area contributed by atoms with E-state index in [2.05, 4.69) is 10.6 Å². The number of rotatable bonds is 2. The molecule has 0 bridgehead atoms. The van der Waals surface area contributed by atoms with Gasteiger partial charge in [-0.25, -0.2) is 9.59 Å². The molecule has 0 aromatic heterocycles. The van der Waals surface area contributed by atoms with E-state index < -0.39 is 0 Å². The zero-order valence-electron chi connectivity index (χ0n) is 13.5. The highest BCUT2D eigenvalue weighted by Crippen LogP contribution is 2.17. The number of urea groups is 2. The lowest BCUT2D eigenvalue weighted by atomic mass is 10.3. The first-order valence-electron chi connectivity index (χ1n) is 8.10. The predicted octanol–water partition coefficient (Wildman–Crippen LogP) is 2.85. The first kappa shape index (κ1) is 17.3. The third-order valence-electron chi connectivity index (χ3n) is 3.98. The van der Waals surface area contributed by atoms with Crippen LogP contribution in [0.1, 0.15) is 0 Å². The summed E-state index contributed by atoms with van der Waals surface area (Å²) in [6.07, 6.45) is 0. The first-order chi connectivity index (χ1) is 11.7. The van der Waals surface area contributed by atoms with Crippen molar-refractivity contribution in [3.8, 4) is 0 Å². The molecular weight excluding hydrogens is 344 g/mol.